The standard InChI is InChI=1S/C21H20F3I3O7S/c22-21(23,24)15(8-35(30,31)32)33-18(29)19-4-10-1-11(5-19)7-20(6-10,9-19)34-17(28)13-2-12(25)3-14(26)16(13)27/h2-3,10-11,15H,1,4-9H2,(H,30,31,32). The Kier molecular flexibility index (Phi) is 7.75. The van der Waals surface area contributed by atoms with Gasteiger partial charge in [-0.15, -0.1) is 0 Å². The van der Waals surface area contributed by atoms with Crippen LogP contribution in [0, 0.1) is 28.0 Å². The van der Waals surface area contributed by atoms with Crippen molar-refractivity contribution in [2.24, 2.45) is 17.3 Å². The molecule has 14 heteroatoms. The fourth-order valence-electron chi connectivity index (χ4n) is 6.13. The smallest absolute Gasteiger partial charge is 0.426 e. The van der Waals surface area contributed by atoms with E-state index in [2.05, 4.69) is 67.8 Å². The van der Waals surface area contributed by atoms with Crippen LogP contribution in [0.1, 0.15) is 48.9 Å². The van der Waals surface area contributed by atoms with Crippen molar-refractivity contribution in [3.8, 4) is 0 Å². The maximum Gasteiger partial charge on any atom is 0.426 e. The average Bonchev–Trinajstić information content (AvgIpc) is 2.67. The van der Waals surface area contributed by atoms with Crippen LogP contribution in [-0.4, -0.2) is 48.5 Å². The molecule has 5 rings (SSSR count). The van der Waals surface area contributed by atoms with Crippen molar-refractivity contribution in [2.45, 2.75) is 56.4 Å². The molecule has 194 valence electrons. The van der Waals surface area contributed by atoms with E-state index in [0.717, 1.165) is 17.1 Å². The Hall–Kier alpha value is 0.0500. The lowest BCUT2D eigenvalue weighted by Crippen LogP contribution is -2.60. The zero-order valence-corrected chi connectivity index (χ0v) is 25.2. The number of hydrogen-bond donors (Lipinski definition) is 1. The molecule has 0 spiro atoms. The third kappa shape index (κ3) is 6.05. The van der Waals surface area contributed by atoms with Gasteiger partial charge >= 0.3 is 18.1 Å². The van der Waals surface area contributed by atoms with Crippen molar-refractivity contribution in [2.75, 3.05) is 5.75 Å². The number of halogens is 6. The predicted octanol–water partition coefficient (Wildman–Crippen LogP) is 5.36. The maximum absolute atomic E-state index is 13.4. The molecule has 3 atom stereocenters. The van der Waals surface area contributed by atoms with Gasteiger partial charge in [-0.05, 0) is 124 Å². The Morgan fingerprint density at radius 3 is 2.26 bits per heavy atom. The minimum Gasteiger partial charge on any atom is -0.455 e. The molecule has 1 aromatic carbocycles. The summed E-state index contributed by atoms with van der Waals surface area (Å²) in [6, 6.07) is 3.62. The summed E-state index contributed by atoms with van der Waals surface area (Å²) in [7, 11) is -5.05. The van der Waals surface area contributed by atoms with Crippen LogP contribution in [0.25, 0.3) is 0 Å². The largest absolute Gasteiger partial charge is 0.455 e. The van der Waals surface area contributed by atoms with Crippen molar-refractivity contribution < 1.29 is 45.2 Å². The first kappa shape index (κ1) is 28.1. The summed E-state index contributed by atoms with van der Waals surface area (Å²) in [6.07, 6.45) is -5.76. The second-order valence-electron chi connectivity index (χ2n) is 9.75. The Labute approximate surface area is 240 Å². The fourth-order valence-corrected chi connectivity index (χ4v) is 9.15. The number of benzene rings is 1. The van der Waals surface area contributed by atoms with Gasteiger partial charge in [0, 0.05) is 17.1 Å². The van der Waals surface area contributed by atoms with Crippen LogP contribution in [0.2, 0.25) is 0 Å². The van der Waals surface area contributed by atoms with E-state index in [-0.39, 0.29) is 31.1 Å². The summed E-state index contributed by atoms with van der Waals surface area (Å²) in [5.74, 6) is -3.53. The highest BCUT2D eigenvalue weighted by atomic mass is 127. The van der Waals surface area contributed by atoms with Gasteiger partial charge in [-0.3, -0.25) is 9.35 Å². The van der Waals surface area contributed by atoms with Crippen LogP contribution in [0.15, 0.2) is 12.1 Å². The summed E-state index contributed by atoms with van der Waals surface area (Å²) in [6.45, 7) is 0. The number of hydrogen-bond acceptors (Lipinski definition) is 6. The summed E-state index contributed by atoms with van der Waals surface area (Å²) in [5, 5.41) is 0. The molecule has 1 N–H and O–H groups in total. The van der Waals surface area contributed by atoms with Crippen molar-refractivity contribution in [3.63, 3.8) is 0 Å². The summed E-state index contributed by atoms with van der Waals surface area (Å²) in [4.78, 5) is 26.3. The quantitative estimate of drug-likeness (QED) is 0.178. The molecule has 4 aliphatic carbocycles. The molecule has 4 fully saturated rings. The minimum absolute atomic E-state index is 0.0195. The Balaban J connectivity index is 1.59. The minimum atomic E-state index is -5.17. The number of rotatable bonds is 6. The van der Waals surface area contributed by atoms with Crippen LogP contribution in [0.5, 0.6) is 0 Å². The van der Waals surface area contributed by atoms with Crippen molar-refractivity contribution in [1.29, 1.82) is 0 Å². The van der Waals surface area contributed by atoms with E-state index in [1.165, 1.54) is 0 Å². The molecule has 0 saturated heterocycles. The van der Waals surface area contributed by atoms with Gasteiger partial charge in [0.2, 0.25) is 6.10 Å². The van der Waals surface area contributed by atoms with Crippen molar-refractivity contribution >= 4 is 89.8 Å². The highest BCUT2D eigenvalue weighted by molar-refractivity contribution is 14.1. The van der Waals surface area contributed by atoms with Crippen LogP contribution in [-0.2, 0) is 24.4 Å². The van der Waals surface area contributed by atoms with Crippen molar-refractivity contribution in [3.05, 3.63) is 28.4 Å². The fraction of sp³-hybridized carbons (Fsp3) is 0.619. The van der Waals surface area contributed by atoms with Crippen LogP contribution < -0.4 is 0 Å². The monoisotopic (exact) mass is 854 g/mol. The second-order valence-corrected chi connectivity index (χ2v) is 14.7. The molecule has 0 amide bonds. The SMILES string of the molecule is O=C(OC12CC3CC(C1)CC(C(=O)OC(CS(=O)(=O)O)C(F)(F)F)(C3)C2)c1cc(I)cc(I)c1I. The van der Waals surface area contributed by atoms with Gasteiger partial charge in [0.1, 0.15) is 11.4 Å². The molecule has 35 heavy (non-hydrogen) atoms. The van der Waals surface area contributed by atoms with Crippen molar-refractivity contribution in [1.82, 2.24) is 0 Å². The molecule has 4 bridgehead atoms. The van der Waals surface area contributed by atoms with E-state index in [0.29, 0.717) is 18.4 Å². The van der Waals surface area contributed by atoms with E-state index < -0.39 is 51.1 Å². The van der Waals surface area contributed by atoms with E-state index in [1.807, 2.05) is 6.07 Å². The maximum atomic E-state index is 13.4. The lowest BCUT2D eigenvalue weighted by atomic mass is 9.48. The summed E-state index contributed by atoms with van der Waals surface area (Å²) >= 11 is 6.28. The number of carbonyl (C=O) groups is 2. The van der Waals surface area contributed by atoms with Crippen LogP contribution >= 0.6 is 67.8 Å². The average molecular weight is 854 g/mol. The first-order valence-electron chi connectivity index (χ1n) is 10.6. The van der Waals surface area contributed by atoms with Gasteiger partial charge in [0.15, 0.2) is 0 Å². The number of ether oxygens (including phenoxy) is 2. The molecule has 0 radical (unpaired) electrons. The predicted molar refractivity (Wildman–Crippen MR) is 142 cm³/mol. The van der Waals surface area contributed by atoms with E-state index in [1.54, 1.807) is 6.07 Å². The van der Waals surface area contributed by atoms with Gasteiger partial charge in [-0.1, -0.05) is 0 Å². The van der Waals surface area contributed by atoms with Gasteiger partial charge in [0.05, 0.1) is 11.0 Å². The first-order valence-corrected chi connectivity index (χ1v) is 15.5. The van der Waals surface area contributed by atoms with Gasteiger partial charge < -0.3 is 9.47 Å². The Morgan fingerprint density at radius 2 is 1.71 bits per heavy atom. The number of carbonyl (C=O) groups excluding carboxylic acids is 2. The van der Waals surface area contributed by atoms with Gasteiger partial charge in [-0.2, -0.15) is 21.6 Å². The number of alkyl halides is 3. The van der Waals surface area contributed by atoms with Gasteiger partial charge in [-0.25, -0.2) is 4.79 Å². The zero-order valence-electron chi connectivity index (χ0n) is 17.9. The molecular formula is C21H20F3I3O7S. The molecule has 4 aliphatic rings. The molecule has 3 unspecified atom stereocenters. The highest BCUT2D eigenvalue weighted by Gasteiger charge is 2.64. The lowest BCUT2D eigenvalue weighted by Gasteiger charge is -2.59. The zero-order chi connectivity index (χ0) is 26.0. The van der Waals surface area contributed by atoms with Crippen LogP contribution in [0.3, 0.4) is 0 Å². The Morgan fingerprint density at radius 1 is 1.11 bits per heavy atom. The van der Waals surface area contributed by atoms with E-state index in [9.17, 15) is 31.2 Å². The molecule has 1 aromatic rings. The topological polar surface area (TPSA) is 107 Å². The summed E-state index contributed by atoms with van der Waals surface area (Å²) < 4.78 is 84.5. The first-order chi connectivity index (χ1) is 16.0. The molecule has 0 aliphatic heterocycles. The highest BCUT2D eigenvalue weighted by Crippen LogP contribution is 2.63. The summed E-state index contributed by atoms with van der Waals surface area (Å²) in [5.41, 5.74) is -1.92. The molecule has 0 heterocycles. The van der Waals surface area contributed by atoms with Gasteiger partial charge in [0.25, 0.3) is 10.1 Å². The molecular weight excluding hydrogens is 834 g/mol. The molecule has 0 aromatic heterocycles. The normalized spacial score (nSPS) is 30.7. The molecule has 7 nitrogen and oxygen atoms in total. The lowest BCUT2D eigenvalue weighted by molar-refractivity contribution is -0.234. The second kappa shape index (κ2) is 9.66. The Bertz CT molecular complexity index is 1160. The van der Waals surface area contributed by atoms with Crippen LogP contribution in [0.4, 0.5) is 13.2 Å². The third-order valence-electron chi connectivity index (χ3n) is 6.94. The van der Waals surface area contributed by atoms with E-state index in [4.69, 9.17) is 14.0 Å². The van der Waals surface area contributed by atoms with E-state index >= 15 is 0 Å². The molecule has 4 saturated carbocycles. The third-order valence-corrected chi connectivity index (χ3v) is 11.3. The number of esters is 2.